The zero-order valence-corrected chi connectivity index (χ0v) is 14.2. The molecule has 0 bridgehead atoms. The summed E-state index contributed by atoms with van der Waals surface area (Å²) in [6.45, 7) is 3.58. The molecule has 0 aliphatic rings. The molecule has 1 aromatic heterocycles. The fourth-order valence-electron chi connectivity index (χ4n) is 2.17. The van der Waals surface area contributed by atoms with Gasteiger partial charge in [0.25, 0.3) is 0 Å². The molecule has 1 aromatic carbocycles. The molecule has 0 saturated heterocycles. The molecule has 1 heterocycles. The van der Waals surface area contributed by atoms with Crippen molar-refractivity contribution in [3.8, 4) is 17.7 Å². The third-order valence-corrected chi connectivity index (χ3v) is 3.19. The summed E-state index contributed by atoms with van der Waals surface area (Å²) >= 11 is 0. The molecule has 0 radical (unpaired) electrons. The van der Waals surface area contributed by atoms with Crippen LogP contribution in [0, 0.1) is 11.3 Å². The Labute approximate surface area is 145 Å². The van der Waals surface area contributed by atoms with Gasteiger partial charge in [-0.15, -0.1) is 0 Å². The van der Waals surface area contributed by atoms with Crippen LogP contribution in [0.4, 0.5) is 22.9 Å². The van der Waals surface area contributed by atoms with Crippen LogP contribution < -0.4 is 25.8 Å². The fraction of sp³-hybridized carbons (Fsp3) is 0.235. The highest BCUT2D eigenvalue weighted by Gasteiger charge is 2.13. The number of nitrogens with two attached hydrogens (primary N) is 1. The Morgan fingerprint density at radius 3 is 2.76 bits per heavy atom. The lowest BCUT2D eigenvalue weighted by molar-refractivity contribution is -0.114. The van der Waals surface area contributed by atoms with Gasteiger partial charge in [-0.2, -0.15) is 10.2 Å². The molecule has 2 rings (SSSR count). The van der Waals surface area contributed by atoms with Gasteiger partial charge in [-0.3, -0.25) is 4.79 Å². The summed E-state index contributed by atoms with van der Waals surface area (Å²) in [4.78, 5) is 15.5. The number of carbonyl (C=O) groups excluding carboxylic acids is 1. The smallest absolute Gasteiger partial charge is 0.235 e. The van der Waals surface area contributed by atoms with Crippen LogP contribution in [-0.2, 0) is 4.79 Å². The number of benzene rings is 1. The molecule has 1 amide bonds. The van der Waals surface area contributed by atoms with Crippen molar-refractivity contribution in [1.29, 1.82) is 5.26 Å². The Balaban J connectivity index is 2.33. The maximum atomic E-state index is 11.2. The number of nitrogens with zero attached hydrogens (tertiary/aromatic N) is 2. The molecule has 8 heteroatoms. The van der Waals surface area contributed by atoms with Crippen LogP contribution in [0.15, 0.2) is 24.3 Å². The van der Waals surface area contributed by atoms with E-state index in [1.807, 2.05) is 6.07 Å². The minimum atomic E-state index is -0.193. The fourth-order valence-corrected chi connectivity index (χ4v) is 2.17. The van der Waals surface area contributed by atoms with Crippen LogP contribution in [-0.4, -0.2) is 24.6 Å². The second-order valence-electron chi connectivity index (χ2n) is 5.04. The van der Waals surface area contributed by atoms with Gasteiger partial charge in [0.2, 0.25) is 11.8 Å². The van der Waals surface area contributed by atoms with E-state index in [-0.39, 0.29) is 23.0 Å². The molecule has 0 saturated carbocycles. The van der Waals surface area contributed by atoms with E-state index in [1.54, 1.807) is 31.2 Å². The maximum Gasteiger partial charge on any atom is 0.235 e. The number of amides is 1. The van der Waals surface area contributed by atoms with E-state index in [1.165, 1.54) is 14.0 Å². The summed E-state index contributed by atoms with van der Waals surface area (Å²) in [6.07, 6.45) is 0. The van der Waals surface area contributed by atoms with Gasteiger partial charge in [-0.1, -0.05) is 0 Å². The van der Waals surface area contributed by atoms with E-state index in [0.29, 0.717) is 29.5 Å². The maximum absolute atomic E-state index is 11.2. The Bertz CT molecular complexity index is 830. The van der Waals surface area contributed by atoms with E-state index >= 15 is 0 Å². The number of ether oxygens (including phenoxy) is 2. The molecule has 130 valence electrons. The van der Waals surface area contributed by atoms with Gasteiger partial charge in [0, 0.05) is 24.7 Å². The lowest BCUT2D eigenvalue weighted by atomic mass is 10.2. The minimum absolute atomic E-state index is 0.175. The summed E-state index contributed by atoms with van der Waals surface area (Å²) in [5.74, 6) is 0.900. The van der Waals surface area contributed by atoms with Crippen molar-refractivity contribution in [1.82, 2.24) is 4.98 Å². The van der Waals surface area contributed by atoms with E-state index in [0.717, 1.165) is 0 Å². The molecule has 0 fully saturated rings. The SMILES string of the molecule is CCOc1nc(Nc2ccc(NC(C)=O)c(OC)c2)cc(N)c1C#N. The highest BCUT2D eigenvalue weighted by atomic mass is 16.5. The standard InChI is InChI=1S/C17H19N5O3/c1-4-25-17-12(9-18)13(19)8-16(22-17)21-11-5-6-14(20-10(2)23)15(7-11)24-3/h5-8H,4H2,1-3H3,(H,20,23)(H3,19,21,22). The largest absolute Gasteiger partial charge is 0.494 e. The van der Waals surface area contributed by atoms with E-state index in [9.17, 15) is 4.79 Å². The third-order valence-electron chi connectivity index (χ3n) is 3.19. The van der Waals surface area contributed by atoms with Crippen molar-refractivity contribution in [2.75, 3.05) is 30.1 Å². The van der Waals surface area contributed by atoms with Crippen LogP contribution in [0.1, 0.15) is 19.4 Å². The molecular formula is C17H19N5O3. The number of aromatic nitrogens is 1. The van der Waals surface area contributed by atoms with E-state index in [2.05, 4.69) is 15.6 Å². The average molecular weight is 341 g/mol. The molecule has 0 atom stereocenters. The van der Waals surface area contributed by atoms with Crippen molar-refractivity contribution in [3.05, 3.63) is 29.8 Å². The summed E-state index contributed by atoms with van der Waals surface area (Å²) < 4.78 is 10.6. The second-order valence-corrected chi connectivity index (χ2v) is 5.04. The van der Waals surface area contributed by atoms with Gasteiger partial charge < -0.3 is 25.8 Å². The van der Waals surface area contributed by atoms with Gasteiger partial charge in [0.15, 0.2) is 0 Å². The first-order chi connectivity index (χ1) is 12.0. The van der Waals surface area contributed by atoms with Crippen LogP contribution in [0.3, 0.4) is 0 Å². The summed E-state index contributed by atoms with van der Waals surface area (Å²) in [6, 6.07) is 8.71. The Morgan fingerprint density at radius 1 is 1.40 bits per heavy atom. The lowest BCUT2D eigenvalue weighted by Crippen LogP contribution is -2.07. The number of nitrogen functional groups attached to an aromatic ring is 1. The number of hydrogen-bond donors (Lipinski definition) is 3. The minimum Gasteiger partial charge on any atom is -0.494 e. The number of rotatable bonds is 6. The summed E-state index contributed by atoms with van der Waals surface area (Å²) in [5.41, 5.74) is 7.60. The van der Waals surface area contributed by atoms with Gasteiger partial charge in [0.1, 0.15) is 23.2 Å². The lowest BCUT2D eigenvalue weighted by Gasteiger charge is -2.14. The normalized spacial score (nSPS) is 9.84. The molecule has 8 nitrogen and oxygen atoms in total. The first kappa shape index (κ1) is 17.9. The molecule has 0 aliphatic heterocycles. The zero-order valence-electron chi connectivity index (χ0n) is 14.2. The van der Waals surface area contributed by atoms with E-state index in [4.69, 9.17) is 20.5 Å². The van der Waals surface area contributed by atoms with Crippen molar-refractivity contribution in [2.24, 2.45) is 0 Å². The highest BCUT2D eigenvalue weighted by molar-refractivity contribution is 5.91. The average Bonchev–Trinajstić information content (AvgIpc) is 2.56. The van der Waals surface area contributed by atoms with Gasteiger partial charge in [-0.05, 0) is 19.1 Å². The molecule has 0 spiro atoms. The third kappa shape index (κ3) is 4.29. The molecule has 0 unspecified atom stereocenters. The zero-order chi connectivity index (χ0) is 18.4. The Morgan fingerprint density at radius 2 is 2.16 bits per heavy atom. The topological polar surface area (TPSA) is 122 Å². The van der Waals surface area contributed by atoms with Crippen LogP contribution in [0.5, 0.6) is 11.6 Å². The highest BCUT2D eigenvalue weighted by Crippen LogP contribution is 2.31. The Kier molecular flexibility index (Phi) is 5.63. The van der Waals surface area contributed by atoms with E-state index < -0.39 is 0 Å². The molecule has 0 aliphatic carbocycles. The number of hydrogen-bond acceptors (Lipinski definition) is 7. The molecular weight excluding hydrogens is 322 g/mol. The predicted octanol–water partition coefficient (Wildman–Crippen LogP) is 2.64. The predicted molar refractivity (Wildman–Crippen MR) is 95.1 cm³/mol. The monoisotopic (exact) mass is 341 g/mol. The first-order valence-electron chi connectivity index (χ1n) is 7.54. The van der Waals surface area contributed by atoms with Gasteiger partial charge in [-0.25, -0.2) is 0 Å². The van der Waals surface area contributed by atoms with Crippen molar-refractivity contribution >= 4 is 28.8 Å². The van der Waals surface area contributed by atoms with Gasteiger partial charge in [0.05, 0.1) is 25.1 Å². The van der Waals surface area contributed by atoms with Crippen LogP contribution in [0.2, 0.25) is 0 Å². The van der Waals surface area contributed by atoms with Crippen LogP contribution in [0.25, 0.3) is 0 Å². The van der Waals surface area contributed by atoms with Crippen LogP contribution >= 0.6 is 0 Å². The molecule has 4 N–H and O–H groups in total. The van der Waals surface area contributed by atoms with Crippen molar-refractivity contribution in [2.45, 2.75) is 13.8 Å². The quantitative estimate of drug-likeness (QED) is 0.738. The number of pyridine rings is 1. The number of methoxy groups -OCH3 is 1. The Hall–Kier alpha value is -3.47. The number of nitrogens with one attached hydrogen (secondary N) is 2. The number of anilines is 4. The van der Waals surface area contributed by atoms with Gasteiger partial charge >= 0.3 is 0 Å². The van der Waals surface area contributed by atoms with Crippen molar-refractivity contribution in [3.63, 3.8) is 0 Å². The van der Waals surface area contributed by atoms with Crippen molar-refractivity contribution < 1.29 is 14.3 Å². The summed E-state index contributed by atoms with van der Waals surface area (Å²) in [7, 11) is 1.51. The first-order valence-corrected chi connectivity index (χ1v) is 7.54. The second kappa shape index (κ2) is 7.88. The number of carbonyl (C=O) groups is 1. The summed E-state index contributed by atoms with van der Waals surface area (Å²) in [5, 5.41) is 14.9. The molecule has 25 heavy (non-hydrogen) atoms. The molecule has 2 aromatic rings. The number of nitriles is 1.